The number of carbonyl (C=O) groups is 2. The molecule has 0 aliphatic heterocycles. The predicted molar refractivity (Wildman–Crippen MR) is 86.1 cm³/mol. The van der Waals surface area contributed by atoms with Gasteiger partial charge in [0.25, 0.3) is 0 Å². The fraction of sp³-hybridized carbons (Fsp3) is 0.600. The Bertz CT molecular complexity index is 511. The molecule has 6 heteroatoms. The van der Waals surface area contributed by atoms with Crippen LogP contribution in [0.4, 0.5) is 5.00 Å². The summed E-state index contributed by atoms with van der Waals surface area (Å²) in [6.07, 6.45) is 0.735. The van der Waals surface area contributed by atoms with E-state index in [0.717, 1.165) is 16.9 Å². The second-order valence-corrected chi connectivity index (χ2v) is 6.09. The number of hydrogen-bond acceptors (Lipinski definition) is 5. The summed E-state index contributed by atoms with van der Waals surface area (Å²) in [4.78, 5) is 25.3. The number of nitrogens with one attached hydrogen (secondary N) is 2. The third-order valence-corrected chi connectivity index (χ3v) is 4.30. The maximum Gasteiger partial charge on any atom is 0.341 e. The van der Waals surface area contributed by atoms with Gasteiger partial charge in [-0.25, -0.2) is 4.79 Å². The van der Waals surface area contributed by atoms with Gasteiger partial charge in [-0.15, -0.1) is 11.3 Å². The molecule has 1 unspecified atom stereocenters. The Balaban J connectivity index is 3.06. The van der Waals surface area contributed by atoms with E-state index >= 15 is 0 Å². The van der Waals surface area contributed by atoms with Gasteiger partial charge in [0.15, 0.2) is 0 Å². The average Bonchev–Trinajstić information content (AvgIpc) is 2.74. The number of anilines is 1. The number of amides is 1. The second-order valence-electron chi connectivity index (χ2n) is 4.86. The normalized spacial score (nSPS) is 12.0. The minimum atomic E-state index is -0.365. The number of thiophene rings is 1. The maximum atomic E-state index is 12.2. The van der Waals surface area contributed by atoms with Crippen molar-refractivity contribution in [3.63, 3.8) is 0 Å². The Hall–Kier alpha value is -1.40. The summed E-state index contributed by atoms with van der Waals surface area (Å²) in [5.74, 6) is -0.633. The zero-order valence-corrected chi connectivity index (χ0v) is 14.1. The first kappa shape index (κ1) is 17.7. The molecule has 0 bridgehead atoms. The number of esters is 1. The van der Waals surface area contributed by atoms with Crippen molar-refractivity contribution in [2.24, 2.45) is 5.92 Å². The highest BCUT2D eigenvalue weighted by atomic mass is 32.1. The van der Waals surface area contributed by atoms with Gasteiger partial charge in [0.05, 0.1) is 12.2 Å². The van der Waals surface area contributed by atoms with Gasteiger partial charge in [-0.3, -0.25) is 4.79 Å². The molecule has 1 heterocycles. The lowest BCUT2D eigenvalue weighted by molar-refractivity contribution is -0.119. The van der Waals surface area contributed by atoms with Crippen LogP contribution in [0.15, 0.2) is 0 Å². The number of aryl methyl sites for hydroxylation is 1. The van der Waals surface area contributed by atoms with Gasteiger partial charge in [0.2, 0.25) is 5.91 Å². The van der Waals surface area contributed by atoms with Crippen molar-refractivity contribution in [2.45, 2.75) is 34.1 Å². The van der Waals surface area contributed by atoms with E-state index in [1.54, 1.807) is 14.0 Å². The van der Waals surface area contributed by atoms with Gasteiger partial charge >= 0.3 is 5.97 Å². The molecule has 0 fully saturated rings. The van der Waals surface area contributed by atoms with Gasteiger partial charge in [-0.1, -0.05) is 13.8 Å². The zero-order valence-electron chi connectivity index (χ0n) is 13.3. The van der Waals surface area contributed by atoms with Crippen molar-refractivity contribution < 1.29 is 14.3 Å². The van der Waals surface area contributed by atoms with E-state index in [2.05, 4.69) is 10.6 Å². The largest absolute Gasteiger partial charge is 0.462 e. The molecule has 0 saturated carbocycles. The third-order valence-electron chi connectivity index (χ3n) is 3.24. The number of ether oxygens (including phenoxy) is 1. The molecule has 0 spiro atoms. The molecule has 5 nitrogen and oxygen atoms in total. The van der Waals surface area contributed by atoms with Gasteiger partial charge in [0, 0.05) is 17.3 Å². The van der Waals surface area contributed by atoms with Gasteiger partial charge in [0.1, 0.15) is 5.00 Å². The SMILES string of the molecule is CCOC(=O)c1c(NC(=O)C(C)CNC)sc(C)c1CC. The van der Waals surface area contributed by atoms with E-state index in [1.807, 2.05) is 20.8 Å². The van der Waals surface area contributed by atoms with Crippen molar-refractivity contribution in [2.75, 3.05) is 25.5 Å². The summed E-state index contributed by atoms with van der Waals surface area (Å²) < 4.78 is 5.12. The van der Waals surface area contributed by atoms with Crippen LogP contribution >= 0.6 is 11.3 Å². The van der Waals surface area contributed by atoms with Crippen LogP contribution < -0.4 is 10.6 Å². The van der Waals surface area contributed by atoms with Crippen molar-refractivity contribution in [1.82, 2.24) is 5.32 Å². The van der Waals surface area contributed by atoms with Crippen molar-refractivity contribution in [1.29, 1.82) is 0 Å². The molecule has 1 rings (SSSR count). The molecule has 0 aromatic carbocycles. The van der Waals surface area contributed by atoms with Crippen LogP contribution in [-0.2, 0) is 16.0 Å². The summed E-state index contributed by atoms with van der Waals surface area (Å²) >= 11 is 1.43. The van der Waals surface area contributed by atoms with E-state index in [9.17, 15) is 9.59 Å². The van der Waals surface area contributed by atoms with Gasteiger partial charge in [-0.2, -0.15) is 0 Å². The first-order chi connectivity index (χ1) is 9.96. The standard InChI is InChI=1S/C15H24N2O3S/c1-6-11-10(4)21-14(12(11)15(19)20-7-2)17-13(18)9(3)8-16-5/h9,16H,6-8H2,1-5H3,(H,17,18). The summed E-state index contributed by atoms with van der Waals surface area (Å²) in [6.45, 7) is 8.48. The Labute approximate surface area is 130 Å². The first-order valence-electron chi connectivity index (χ1n) is 7.20. The van der Waals surface area contributed by atoms with Crippen LogP contribution in [0.2, 0.25) is 0 Å². The highest BCUT2D eigenvalue weighted by Crippen LogP contribution is 2.34. The minimum Gasteiger partial charge on any atom is -0.462 e. The lowest BCUT2D eigenvalue weighted by atomic mass is 10.1. The highest BCUT2D eigenvalue weighted by molar-refractivity contribution is 7.16. The van der Waals surface area contributed by atoms with Gasteiger partial charge < -0.3 is 15.4 Å². The Morgan fingerprint density at radius 2 is 2.00 bits per heavy atom. The van der Waals surface area contributed by atoms with Crippen LogP contribution in [0.3, 0.4) is 0 Å². The number of rotatable bonds is 7. The molecular weight excluding hydrogens is 288 g/mol. The second kappa shape index (κ2) is 8.14. The molecule has 0 radical (unpaired) electrons. The van der Waals surface area contributed by atoms with E-state index in [-0.39, 0.29) is 17.8 Å². The quantitative estimate of drug-likeness (QED) is 0.759. The van der Waals surface area contributed by atoms with Gasteiger partial charge in [-0.05, 0) is 32.9 Å². The molecule has 1 aromatic heterocycles. The molecule has 0 aliphatic rings. The smallest absolute Gasteiger partial charge is 0.341 e. The maximum absolute atomic E-state index is 12.2. The van der Waals surface area contributed by atoms with Crippen LogP contribution in [-0.4, -0.2) is 32.1 Å². The summed E-state index contributed by atoms with van der Waals surface area (Å²) in [7, 11) is 1.80. The summed E-state index contributed by atoms with van der Waals surface area (Å²) in [5, 5.41) is 6.43. The highest BCUT2D eigenvalue weighted by Gasteiger charge is 2.24. The molecule has 1 amide bonds. The zero-order chi connectivity index (χ0) is 16.0. The van der Waals surface area contributed by atoms with E-state index in [1.165, 1.54) is 11.3 Å². The van der Waals surface area contributed by atoms with E-state index in [4.69, 9.17) is 4.74 Å². The van der Waals surface area contributed by atoms with Crippen molar-refractivity contribution >= 4 is 28.2 Å². The fourth-order valence-corrected chi connectivity index (χ4v) is 3.28. The Morgan fingerprint density at radius 1 is 1.33 bits per heavy atom. The molecule has 0 aliphatic carbocycles. The van der Waals surface area contributed by atoms with Crippen LogP contribution in [0.5, 0.6) is 0 Å². The number of carbonyl (C=O) groups excluding carboxylic acids is 2. The molecule has 1 atom stereocenters. The van der Waals surface area contributed by atoms with Crippen LogP contribution in [0.25, 0.3) is 0 Å². The molecule has 21 heavy (non-hydrogen) atoms. The lowest BCUT2D eigenvalue weighted by Gasteiger charge is -2.12. The van der Waals surface area contributed by atoms with Crippen molar-refractivity contribution in [3.05, 3.63) is 16.0 Å². The van der Waals surface area contributed by atoms with E-state index < -0.39 is 0 Å². The Morgan fingerprint density at radius 3 is 2.52 bits per heavy atom. The number of hydrogen-bond donors (Lipinski definition) is 2. The minimum absolute atomic E-state index is 0.0983. The van der Waals surface area contributed by atoms with Crippen LogP contribution in [0.1, 0.15) is 41.6 Å². The molecule has 0 saturated heterocycles. The summed E-state index contributed by atoms with van der Waals surface area (Å²) in [5.41, 5.74) is 1.46. The first-order valence-corrected chi connectivity index (χ1v) is 8.02. The van der Waals surface area contributed by atoms with Crippen LogP contribution in [0, 0.1) is 12.8 Å². The van der Waals surface area contributed by atoms with Crippen molar-refractivity contribution in [3.8, 4) is 0 Å². The third kappa shape index (κ3) is 4.28. The average molecular weight is 312 g/mol. The molecule has 118 valence electrons. The monoisotopic (exact) mass is 312 g/mol. The lowest BCUT2D eigenvalue weighted by Crippen LogP contribution is -2.29. The Kier molecular flexibility index (Phi) is 6.84. The van der Waals surface area contributed by atoms with E-state index in [0.29, 0.717) is 23.7 Å². The summed E-state index contributed by atoms with van der Waals surface area (Å²) in [6, 6.07) is 0. The topological polar surface area (TPSA) is 67.4 Å². The fourth-order valence-electron chi connectivity index (χ4n) is 2.15. The molecular formula is C15H24N2O3S. The molecule has 2 N–H and O–H groups in total. The molecule has 1 aromatic rings. The predicted octanol–water partition coefficient (Wildman–Crippen LogP) is 2.59.